The fraction of sp³-hybridized carbons (Fsp3) is 0.176. The highest BCUT2D eigenvalue weighted by Crippen LogP contribution is 2.17. The van der Waals surface area contributed by atoms with Gasteiger partial charge in [0.1, 0.15) is 16.5 Å². The first-order valence-electron chi connectivity index (χ1n) is 7.46. The number of rotatable bonds is 6. The van der Waals surface area contributed by atoms with E-state index in [9.17, 15) is 24.1 Å². The lowest BCUT2D eigenvalue weighted by Crippen LogP contribution is -2.29. The molecule has 2 aromatic rings. The topological polar surface area (TPSA) is 112 Å². The molecule has 1 aromatic heterocycles. The van der Waals surface area contributed by atoms with Crippen LogP contribution in [0.15, 0.2) is 40.8 Å². The van der Waals surface area contributed by atoms with Gasteiger partial charge in [-0.25, -0.2) is 9.18 Å². The zero-order valence-electron chi connectivity index (χ0n) is 13.9. The Labute approximate surface area is 147 Å². The van der Waals surface area contributed by atoms with Gasteiger partial charge in [0.05, 0.1) is 6.07 Å². The van der Waals surface area contributed by atoms with Gasteiger partial charge >= 0.3 is 11.9 Å². The predicted molar refractivity (Wildman–Crippen MR) is 89.7 cm³/mol. The quantitative estimate of drug-likeness (QED) is 0.365. The van der Waals surface area contributed by atoms with Crippen LogP contribution in [0.1, 0.15) is 18.2 Å². The van der Waals surface area contributed by atoms with E-state index in [4.69, 9.17) is 9.15 Å². The fourth-order valence-corrected chi connectivity index (χ4v) is 1.86. The lowest BCUT2D eigenvalue weighted by molar-refractivity contribution is -0.402. The number of hydrogen-bond donors (Lipinski definition) is 1. The van der Waals surface area contributed by atoms with E-state index in [0.29, 0.717) is 5.56 Å². The van der Waals surface area contributed by atoms with Crippen LogP contribution in [0.25, 0.3) is 6.08 Å². The van der Waals surface area contributed by atoms with E-state index in [1.165, 1.54) is 31.2 Å². The van der Waals surface area contributed by atoms with Gasteiger partial charge in [-0.05, 0) is 43.7 Å². The van der Waals surface area contributed by atoms with Crippen molar-refractivity contribution in [1.82, 2.24) is 0 Å². The average molecular weight is 362 g/mol. The number of nitrogens with zero attached hydrogens (tertiary/aromatic N) is 1. The van der Waals surface area contributed by atoms with Crippen LogP contribution < -0.4 is 5.32 Å². The Hall–Kier alpha value is -3.49. The summed E-state index contributed by atoms with van der Waals surface area (Å²) in [5.74, 6) is -2.33. The number of hydrogen-bond acceptors (Lipinski definition) is 6. The van der Waals surface area contributed by atoms with E-state index in [-0.39, 0.29) is 11.4 Å². The van der Waals surface area contributed by atoms with Crippen LogP contribution in [0.2, 0.25) is 0 Å². The van der Waals surface area contributed by atoms with Crippen molar-refractivity contribution < 1.29 is 28.1 Å². The van der Waals surface area contributed by atoms with Gasteiger partial charge in [-0.15, -0.1) is 0 Å². The van der Waals surface area contributed by atoms with E-state index >= 15 is 0 Å². The summed E-state index contributed by atoms with van der Waals surface area (Å²) in [6, 6.07) is 6.64. The molecule has 26 heavy (non-hydrogen) atoms. The molecular weight excluding hydrogens is 347 g/mol. The normalized spacial score (nSPS) is 12.0. The largest absolute Gasteiger partial charge is 0.449 e. The number of carbonyl (C=O) groups is 2. The summed E-state index contributed by atoms with van der Waals surface area (Å²) >= 11 is 0. The number of aryl methyl sites for hydroxylation is 1. The number of esters is 1. The minimum Gasteiger partial charge on any atom is -0.449 e. The third-order valence-electron chi connectivity index (χ3n) is 3.28. The van der Waals surface area contributed by atoms with E-state index in [0.717, 1.165) is 18.2 Å². The number of benzene rings is 1. The maximum absolute atomic E-state index is 13.5. The Bertz CT molecular complexity index is 874. The molecule has 8 nitrogen and oxygen atoms in total. The lowest BCUT2D eigenvalue weighted by atomic mass is 10.2. The SMILES string of the molecule is Cc1ccc(NC(=O)[C@H](C)OC(=O)/C=C/c2ccc([N+](=O)[O-])o2)cc1F. The molecule has 1 aromatic carbocycles. The summed E-state index contributed by atoms with van der Waals surface area (Å²) in [5, 5.41) is 12.9. The second-order valence-corrected chi connectivity index (χ2v) is 5.30. The third-order valence-corrected chi connectivity index (χ3v) is 3.28. The van der Waals surface area contributed by atoms with E-state index in [2.05, 4.69) is 5.32 Å². The van der Waals surface area contributed by atoms with Crippen molar-refractivity contribution in [1.29, 1.82) is 0 Å². The fourth-order valence-electron chi connectivity index (χ4n) is 1.86. The molecule has 1 N–H and O–H groups in total. The first-order chi connectivity index (χ1) is 12.3. The lowest BCUT2D eigenvalue weighted by Gasteiger charge is -2.12. The van der Waals surface area contributed by atoms with Crippen LogP contribution >= 0.6 is 0 Å². The zero-order chi connectivity index (χ0) is 19.3. The highest BCUT2D eigenvalue weighted by atomic mass is 19.1. The molecular formula is C17H15FN2O6. The van der Waals surface area contributed by atoms with Crippen molar-refractivity contribution in [2.45, 2.75) is 20.0 Å². The maximum atomic E-state index is 13.5. The number of ether oxygens (including phenoxy) is 1. The van der Waals surface area contributed by atoms with Crippen molar-refractivity contribution in [2.75, 3.05) is 5.32 Å². The number of nitro groups is 1. The van der Waals surface area contributed by atoms with Crippen LogP contribution in [-0.2, 0) is 14.3 Å². The molecule has 136 valence electrons. The Balaban J connectivity index is 1.90. The van der Waals surface area contributed by atoms with Gasteiger partial charge in [-0.1, -0.05) is 6.07 Å². The number of furan rings is 1. The smallest absolute Gasteiger partial charge is 0.433 e. The molecule has 0 aliphatic carbocycles. The number of anilines is 1. The molecule has 2 rings (SSSR count). The summed E-state index contributed by atoms with van der Waals surface area (Å²) < 4.78 is 23.2. The molecule has 0 aliphatic rings. The molecule has 9 heteroatoms. The number of nitrogens with one attached hydrogen (secondary N) is 1. The molecule has 1 atom stereocenters. The van der Waals surface area contributed by atoms with Crippen LogP contribution in [0.3, 0.4) is 0 Å². The standard InChI is InChI=1S/C17H15FN2O6/c1-10-3-4-12(9-14(10)18)19-17(22)11(2)25-16(21)8-6-13-5-7-15(26-13)20(23)24/h3-9,11H,1-2H3,(H,19,22)/b8-6+/t11-/m0/s1. The van der Waals surface area contributed by atoms with Crippen molar-refractivity contribution in [3.05, 3.63) is 63.7 Å². The Morgan fingerprint density at radius 2 is 2.08 bits per heavy atom. The number of amides is 1. The van der Waals surface area contributed by atoms with Gasteiger partial charge in [0.2, 0.25) is 0 Å². The van der Waals surface area contributed by atoms with Crippen LogP contribution in [0.4, 0.5) is 16.0 Å². The van der Waals surface area contributed by atoms with E-state index < -0.39 is 34.6 Å². The highest BCUT2D eigenvalue weighted by molar-refractivity contribution is 5.96. The van der Waals surface area contributed by atoms with Crippen LogP contribution in [0, 0.1) is 22.9 Å². The Kier molecular flexibility index (Phi) is 5.84. The molecule has 0 spiro atoms. The summed E-state index contributed by atoms with van der Waals surface area (Å²) in [5.41, 5.74) is 0.671. The van der Waals surface area contributed by atoms with Gasteiger partial charge in [0.15, 0.2) is 6.10 Å². The van der Waals surface area contributed by atoms with Crippen molar-refractivity contribution >= 4 is 29.5 Å². The summed E-state index contributed by atoms with van der Waals surface area (Å²) in [7, 11) is 0. The van der Waals surface area contributed by atoms with Gasteiger partial charge < -0.3 is 14.5 Å². The first-order valence-corrected chi connectivity index (χ1v) is 7.46. The molecule has 0 unspecified atom stereocenters. The van der Waals surface area contributed by atoms with Crippen molar-refractivity contribution in [3.63, 3.8) is 0 Å². The Morgan fingerprint density at radius 3 is 2.69 bits per heavy atom. The second-order valence-electron chi connectivity index (χ2n) is 5.30. The van der Waals surface area contributed by atoms with Gasteiger partial charge in [0.25, 0.3) is 5.91 Å². The second kappa shape index (κ2) is 8.06. The number of carbonyl (C=O) groups excluding carboxylic acids is 2. The Morgan fingerprint density at radius 1 is 1.35 bits per heavy atom. The molecule has 0 fully saturated rings. The van der Waals surface area contributed by atoms with Crippen molar-refractivity contribution in [3.8, 4) is 0 Å². The molecule has 0 bridgehead atoms. The summed E-state index contributed by atoms with van der Waals surface area (Å²) in [6.45, 7) is 2.94. The highest BCUT2D eigenvalue weighted by Gasteiger charge is 2.17. The third kappa shape index (κ3) is 5.00. The van der Waals surface area contributed by atoms with E-state index in [1.54, 1.807) is 6.92 Å². The molecule has 1 heterocycles. The average Bonchev–Trinajstić information content (AvgIpc) is 3.05. The van der Waals surface area contributed by atoms with Gasteiger partial charge in [-0.2, -0.15) is 0 Å². The van der Waals surface area contributed by atoms with Gasteiger partial charge in [0, 0.05) is 11.8 Å². The van der Waals surface area contributed by atoms with Crippen LogP contribution in [-0.4, -0.2) is 22.9 Å². The molecule has 0 saturated carbocycles. The van der Waals surface area contributed by atoms with Crippen molar-refractivity contribution in [2.24, 2.45) is 0 Å². The van der Waals surface area contributed by atoms with Crippen LogP contribution in [0.5, 0.6) is 0 Å². The summed E-state index contributed by atoms with van der Waals surface area (Å²) in [4.78, 5) is 33.4. The summed E-state index contributed by atoms with van der Waals surface area (Å²) in [6.07, 6.45) is 1.01. The minimum atomic E-state index is -1.14. The monoisotopic (exact) mass is 362 g/mol. The minimum absolute atomic E-state index is 0.0842. The van der Waals surface area contributed by atoms with E-state index in [1.807, 2.05) is 0 Å². The molecule has 1 amide bonds. The predicted octanol–water partition coefficient (Wildman–Crippen LogP) is 3.22. The number of halogens is 1. The van der Waals surface area contributed by atoms with Gasteiger partial charge in [-0.3, -0.25) is 14.9 Å². The zero-order valence-corrected chi connectivity index (χ0v) is 13.9. The first kappa shape index (κ1) is 18.8. The molecule has 0 saturated heterocycles. The maximum Gasteiger partial charge on any atom is 0.433 e. The molecule has 0 aliphatic heterocycles. The molecule has 0 radical (unpaired) electrons.